The second kappa shape index (κ2) is 6.61. The molecule has 0 aliphatic heterocycles. The molecule has 0 saturated heterocycles. The van der Waals surface area contributed by atoms with Crippen molar-refractivity contribution >= 4 is 47.1 Å². The number of rotatable bonds is 4. The van der Waals surface area contributed by atoms with Crippen LogP contribution in [-0.2, 0) is 19.2 Å². The van der Waals surface area contributed by atoms with Gasteiger partial charge in [-0.3, -0.25) is 0 Å². The Kier molecular flexibility index (Phi) is 4.89. The summed E-state index contributed by atoms with van der Waals surface area (Å²) in [6, 6.07) is 0. The van der Waals surface area contributed by atoms with E-state index in [4.69, 9.17) is 0 Å². The average Bonchev–Trinajstić information content (AvgIpc) is 2.44. The predicted octanol–water partition coefficient (Wildman–Crippen LogP) is 2.17. The highest BCUT2D eigenvalue weighted by molar-refractivity contribution is 5.89. The Morgan fingerprint density at radius 3 is 0.900 bits per heavy atom. The molecule has 0 fully saturated rings. The van der Waals surface area contributed by atoms with E-state index in [9.17, 15) is 19.2 Å². The first-order valence-corrected chi connectivity index (χ1v) is 5.11. The number of nitrogens with zero attached hydrogens (tertiary/aromatic N) is 4. The van der Waals surface area contributed by atoms with Crippen LogP contribution >= 0.6 is 0 Å². The van der Waals surface area contributed by atoms with Crippen molar-refractivity contribution in [3.8, 4) is 0 Å². The third kappa shape index (κ3) is 2.60. The van der Waals surface area contributed by atoms with E-state index in [0.717, 1.165) is 0 Å². The molecule has 0 saturated carbocycles. The summed E-state index contributed by atoms with van der Waals surface area (Å²) < 4.78 is 0. The molecule has 0 aromatic heterocycles. The fourth-order valence-electron chi connectivity index (χ4n) is 1.66. The lowest BCUT2D eigenvalue weighted by molar-refractivity contribution is 0.563. The van der Waals surface area contributed by atoms with Crippen LogP contribution in [0.1, 0.15) is 11.1 Å². The highest BCUT2D eigenvalue weighted by atomic mass is 16.1. The molecule has 1 rings (SSSR count). The van der Waals surface area contributed by atoms with Crippen LogP contribution in [-0.4, -0.2) is 24.3 Å². The Bertz CT molecular complexity index is 632. The van der Waals surface area contributed by atoms with Crippen molar-refractivity contribution < 1.29 is 19.2 Å². The van der Waals surface area contributed by atoms with Gasteiger partial charge in [0, 0.05) is 11.1 Å². The van der Waals surface area contributed by atoms with E-state index >= 15 is 0 Å². The van der Waals surface area contributed by atoms with Crippen molar-refractivity contribution in [3.63, 3.8) is 0 Å². The summed E-state index contributed by atoms with van der Waals surface area (Å²) in [6.45, 7) is 2.92. The summed E-state index contributed by atoms with van der Waals surface area (Å²) in [4.78, 5) is 55.5. The lowest BCUT2D eigenvalue weighted by Gasteiger charge is -2.11. The van der Waals surface area contributed by atoms with Crippen molar-refractivity contribution in [1.29, 1.82) is 0 Å². The summed E-state index contributed by atoms with van der Waals surface area (Å²) in [5, 5.41) is 0. The monoisotopic (exact) mass is 270 g/mol. The number of benzene rings is 1. The zero-order chi connectivity index (χ0) is 15.1. The molecule has 0 unspecified atom stereocenters. The fourth-order valence-corrected chi connectivity index (χ4v) is 1.66. The number of hydrogen-bond acceptors (Lipinski definition) is 8. The van der Waals surface area contributed by atoms with Gasteiger partial charge in [-0.15, -0.1) is 0 Å². The topological polar surface area (TPSA) is 118 Å². The van der Waals surface area contributed by atoms with Gasteiger partial charge in [0.25, 0.3) is 0 Å². The average molecular weight is 270 g/mol. The van der Waals surface area contributed by atoms with Gasteiger partial charge in [0.15, 0.2) is 0 Å². The standard InChI is InChI=1S/C12H6N4O4/c1-7-9(13-3-17)11(15-5-19)8(2)12(16-6-20)10(7)14-4-18/h1-2H3. The number of hydrogen-bond donors (Lipinski definition) is 0. The fraction of sp³-hybridized carbons (Fsp3) is 0.167. The second-order valence-electron chi connectivity index (χ2n) is 3.46. The van der Waals surface area contributed by atoms with Crippen molar-refractivity contribution in [3.05, 3.63) is 11.1 Å². The second-order valence-corrected chi connectivity index (χ2v) is 3.46. The lowest BCUT2D eigenvalue weighted by atomic mass is 10.0. The first-order chi connectivity index (χ1) is 9.62. The molecule has 8 heteroatoms. The third-order valence-electron chi connectivity index (χ3n) is 2.50. The summed E-state index contributed by atoms with van der Waals surface area (Å²) in [5.74, 6) is 0. The highest BCUT2D eigenvalue weighted by Gasteiger charge is 2.19. The van der Waals surface area contributed by atoms with Crippen LogP contribution < -0.4 is 0 Å². The maximum absolute atomic E-state index is 10.4. The van der Waals surface area contributed by atoms with Crippen LogP contribution in [0, 0.1) is 13.8 Å². The minimum Gasteiger partial charge on any atom is -0.211 e. The Hall–Kier alpha value is -3.26. The summed E-state index contributed by atoms with van der Waals surface area (Å²) >= 11 is 0. The normalized spacial score (nSPS) is 8.50. The Morgan fingerprint density at radius 1 is 0.550 bits per heavy atom. The largest absolute Gasteiger partial charge is 0.240 e. The quantitative estimate of drug-likeness (QED) is 0.615. The minimum atomic E-state index is -0.0142. The van der Waals surface area contributed by atoms with Gasteiger partial charge in [0.2, 0.25) is 24.3 Å². The molecule has 0 aliphatic rings. The predicted molar refractivity (Wildman–Crippen MR) is 67.0 cm³/mol. The molecule has 8 nitrogen and oxygen atoms in total. The van der Waals surface area contributed by atoms with Gasteiger partial charge in [-0.1, -0.05) is 0 Å². The lowest BCUT2D eigenvalue weighted by Crippen LogP contribution is -1.86. The molecule has 0 bridgehead atoms. The summed E-state index contributed by atoms with van der Waals surface area (Å²) in [6.07, 6.45) is 5.23. The van der Waals surface area contributed by atoms with Gasteiger partial charge in [-0.25, -0.2) is 19.2 Å². The zero-order valence-corrected chi connectivity index (χ0v) is 10.4. The van der Waals surface area contributed by atoms with Crippen LogP contribution in [0.25, 0.3) is 0 Å². The molecule has 1 aromatic rings. The number of isocyanates is 4. The first kappa shape index (κ1) is 14.8. The summed E-state index contributed by atoms with van der Waals surface area (Å²) in [7, 11) is 0. The van der Waals surface area contributed by atoms with E-state index in [0.29, 0.717) is 0 Å². The molecule has 98 valence electrons. The van der Waals surface area contributed by atoms with Gasteiger partial charge in [0.1, 0.15) is 22.7 Å². The molecular weight excluding hydrogens is 264 g/mol. The molecule has 20 heavy (non-hydrogen) atoms. The molecule has 0 spiro atoms. The van der Waals surface area contributed by atoms with Gasteiger partial charge in [-0.05, 0) is 13.8 Å². The molecule has 0 aliphatic carbocycles. The Balaban J connectivity index is 4.07. The van der Waals surface area contributed by atoms with Gasteiger partial charge >= 0.3 is 0 Å². The maximum Gasteiger partial charge on any atom is 0.240 e. The molecule has 0 N–H and O–H groups in total. The van der Waals surface area contributed by atoms with Crippen LogP contribution in [0.15, 0.2) is 20.0 Å². The molecule has 0 atom stereocenters. The van der Waals surface area contributed by atoms with E-state index in [1.54, 1.807) is 0 Å². The molecule has 0 amide bonds. The summed E-state index contributed by atoms with van der Waals surface area (Å²) in [5.41, 5.74) is 0.370. The molecular formula is C12H6N4O4. The van der Waals surface area contributed by atoms with E-state index in [-0.39, 0.29) is 33.9 Å². The van der Waals surface area contributed by atoms with Crippen molar-refractivity contribution in [2.75, 3.05) is 0 Å². The highest BCUT2D eigenvalue weighted by Crippen LogP contribution is 2.47. The zero-order valence-electron chi connectivity index (χ0n) is 10.4. The van der Waals surface area contributed by atoms with Gasteiger partial charge < -0.3 is 0 Å². The minimum absolute atomic E-state index is 0.0142. The number of aliphatic imine (C=N–C) groups is 4. The van der Waals surface area contributed by atoms with E-state index in [2.05, 4.69) is 20.0 Å². The SMILES string of the molecule is Cc1c(N=C=O)c(N=C=O)c(C)c(N=C=O)c1N=C=O. The van der Waals surface area contributed by atoms with E-state index in [1.165, 1.54) is 38.2 Å². The van der Waals surface area contributed by atoms with Crippen molar-refractivity contribution in [1.82, 2.24) is 0 Å². The Morgan fingerprint density at radius 2 is 0.750 bits per heavy atom. The molecule has 1 aromatic carbocycles. The number of carbonyl (C=O) groups excluding carboxylic acids is 4. The van der Waals surface area contributed by atoms with Crippen LogP contribution in [0.4, 0.5) is 22.7 Å². The van der Waals surface area contributed by atoms with Crippen LogP contribution in [0.3, 0.4) is 0 Å². The first-order valence-electron chi connectivity index (χ1n) is 5.11. The van der Waals surface area contributed by atoms with E-state index < -0.39 is 0 Å². The maximum atomic E-state index is 10.4. The Labute approximate surface area is 112 Å². The smallest absolute Gasteiger partial charge is 0.211 e. The third-order valence-corrected chi connectivity index (χ3v) is 2.50. The van der Waals surface area contributed by atoms with Crippen LogP contribution in [0.2, 0.25) is 0 Å². The molecule has 0 radical (unpaired) electrons. The molecule has 0 heterocycles. The van der Waals surface area contributed by atoms with Crippen molar-refractivity contribution in [2.45, 2.75) is 13.8 Å². The van der Waals surface area contributed by atoms with Crippen molar-refractivity contribution in [2.24, 2.45) is 20.0 Å². The van der Waals surface area contributed by atoms with E-state index in [1.807, 2.05) is 0 Å². The van der Waals surface area contributed by atoms with Gasteiger partial charge in [-0.2, -0.15) is 20.0 Å². The van der Waals surface area contributed by atoms with Crippen LogP contribution in [0.5, 0.6) is 0 Å². The van der Waals surface area contributed by atoms with Gasteiger partial charge in [0.05, 0.1) is 0 Å².